The van der Waals surface area contributed by atoms with E-state index in [4.69, 9.17) is 4.74 Å². The second-order valence-electron chi connectivity index (χ2n) is 6.22. The van der Waals surface area contributed by atoms with Crippen molar-refractivity contribution in [2.75, 3.05) is 17.6 Å². The molecule has 140 valence electrons. The lowest BCUT2D eigenvalue weighted by molar-refractivity contribution is -0.124. The lowest BCUT2D eigenvalue weighted by Crippen LogP contribution is -2.34. The van der Waals surface area contributed by atoms with E-state index in [1.54, 1.807) is 38.3 Å². The molecule has 2 aromatic rings. The van der Waals surface area contributed by atoms with Crippen LogP contribution >= 0.6 is 0 Å². The Morgan fingerprint density at radius 3 is 2.27 bits per heavy atom. The summed E-state index contributed by atoms with van der Waals surface area (Å²) in [6, 6.07) is 14.3. The van der Waals surface area contributed by atoms with Gasteiger partial charge >= 0.3 is 0 Å². The van der Waals surface area contributed by atoms with Crippen molar-refractivity contribution in [3.63, 3.8) is 0 Å². The summed E-state index contributed by atoms with van der Waals surface area (Å²) in [5.41, 5.74) is 2.44. The summed E-state index contributed by atoms with van der Waals surface area (Å²) >= 11 is 0. The molecule has 1 amide bonds. The van der Waals surface area contributed by atoms with Crippen LogP contribution in [0.1, 0.15) is 18.1 Å². The molecule has 0 radical (unpaired) electrons. The van der Waals surface area contributed by atoms with Crippen LogP contribution in [0.4, 0.5) is 5.69 Å². The molecule has 0 fully saturated rings. The maximum atomic E-state index is 12.2. The Bertz CT molecular complexity index is 831. The third-order valence-corrected chi connectivity index (χ3v) is 5.35. The first-order chi connectivity index (χ1) is 12.3. The minimum Gasteiger partial charge on any atom is -0.497 e. The molecule has 2 rings (SSSR count). The normalized spacial score (nSPS) is 12.3. The molecule has 0 saturated carbocycles. The number of nitrogens with one attached hydrogen (secondary N) is 2. The van der Waals surface area contributed by atoms with E-state index >= 15 is 0 Å². The number of ether oxygens (including phenoxy) is 1. The summed E-state index contributed by atoms with van der Waals surface area (Å²) in [7, 11) is -2.02. The zero-order valence-electron chi connectivity index (χ0n) is 15.2. The summed E-state index contributed by atoms with van der Waals surface area (Å²) in [5.74, 6) is -0.525. The van der Waals surface area contributed by atoms with Gasteiger partial charge in [0.25, 0.3) is 0 Å². The zero-order chi connectivity index (χ0) is 19.2. The monoisotopic (exact) mass is 376 g/mol. The van der Waals surface area contributed by atoms with Crippen molar-refractivity contribution >= 4 is 21.6 Å². The standard InChI is InChI=1S/C19H24N2O4S/c1-14-4-8-17(9-5-14)21-26(23,24)13-15(2)19(22)20-12-16-6-10-18(25-3)11-7-16/h4-11,15,21H,12-13H2,1-3H3,(H,20,22). The number of anilines is 1. The van der Waals surface area contributed by atoms with Gasteiger partial charge in [-0.15, -0.1) is 0 Å². The molecular formula is C19H24N2O4S. The molecule has 0 heterocycles. The smallest absolute Gasteiger partial charge is 0.233 e. The summed E-state index contributed by atoms with van der Waals surface area (Å²) < 4.78 is 32.1. The molecule has 0 spiro atoms. The molecule has 0 aliphatic heterocycles. The molecule has 0 aliphatic carbocycles. The average Bonchev–Trinajstić information content (AvgIpc) is 2.61. The number of hydrogen-bond acceptors (Lipinski definition) is 4. The van der Waals surface area contributed by atoms with Crippen LogP contribution in [-0.4, -0.2) is 27.2 Å². The number of hydrogen-bond donors (Lipinski definition) is 2. The minimum atomic E-state index is -3.61. The SMILES string of the molecule is COc1ccc(CNC(=O)C(C)CS(=O)(=O)Nc2ccc(C)cc2)cc1. The Balaban J connectivity index is 1.87. The lowest BCUT2D eigenvalue weighted by atomic mass is 10.2. The molecule has 1 atom stereocenters. The number of aryl methyl sites for hydroxylation is 1. The van der Waals surface area contributed by atoms with Gasteiger partial charge in [0.1, 0.15) is 5.75 Å². The molecule has 26 heavy (non-hydrogen) atoms. The van der Waals surface area contributed by atoms with Gasteiger partial charge in [-0.05, 0) is 36.8 Å². The predicted molar refractivity (Wildman–Crippen MR) is 103 cm³/mol. The first-order valence-electron chi connectivity index (χ1n) is 8.27. The van der Waals surface area contributed by atoms with Crippen LogP contribution in [0.25, 0.3) is 0 Å². The third-order valence-electron chi connectivity index (χ3n) is 3.87. The predicted octanol–water partition coefficient (Wildman–Crippen LogP) is 2.70. The van der Waals surface area contributed by atoms with Crippen molar-refractivity contribution < 1.29 is 17.9 Å². The molecule has 7 heteroatoms. The second-order valence-corrected chi connectivity index (χ2v) is 7.98. The van der Waals surface area contributed by atoms with E-state index in [1.165, 1.54) is 0 Å². The Morgan fingerprint density at radius 2 is 1.69 bits per heavy atom. The zero-order valence-corrected chi connectivity index (χ0v) is 16.0. The van der Waals surface area contributed by atoms with Crippen molar-refractivity contribution in [1.29, 1.82) is 0 Å². The van der Waals surface area contributed by atoms with E-state index < -0.39 is 15.9 Å². The van der Waals surface area contributed by atoms with Gasteiger partial charge in [0.15, 0.2) is 0 Å². The van der Waals surface area contributed by atoms with Crippen LogP contribution in [0.5, 0.6) is 5.75 Å². The maximum absolute atomic E-state index is 12.2. The van der Waals surface area contributed by atoms with Gasteiger partial charge < -0.3 is 10.1 Å². The summed E-state index contributed by atoms with van der Waals surface area (Å²) in [4.78, 5) is 12.2. The fourth-order valence-corrected chi connectivity index (χ4v) is 3.74. The number of carbonyl (C=O) groups excluding carboxylic acids is 1. The Labute approximate surface area is 154 Å². The van der Waals surface area contributed by atoms with Crippen molar-refractivity contribution in [2.45, 2.75) is 20.4 Å². The van der Waals surface area contributed by atoms with E-state index in [-0.39, 0.29) is 11.7 Å². The molecule has 2 aromatic carbocycles. The number of sulfonamides is 1. The van der Waals surface area contributed by atoms with E-state index in [9.17, 15) is 13.2 Å². The molecule has 0 aliphatic rings. The van der Waals surface area contributed by atoms with Crippen molar-refractivity contribution in [3.05, 3.63) is 59.7 Å². The summed E-state index contributed by atoms with van der Waals surface area (Å²) in [6.07, 6.45) is 0. The van der Waals surface area contributed by atoms with Crippen LogP contribution in [0, 0.1) is 12.8 Å². The van der Waals surface area contributed by atoms with Crippen LogP contribution < -0.4 is 14.8 Å². The molecule has 1 unspecified atom stereocenters. The van der Waals surface area contributed by atoms with Crippen LogP contribution in [0.3, 0.4) is 0 Å². The minimum absolute atomic E-state index is 0.282. The van der Waals surface area contributed by atoms with Crippen molar-refractivity contribution in [1.82, 2.24) is 5.32 Å². The molecular weight excluding hydrogens is 352 g/mol. The Hall–Kier alpha value is -2.54. The fraction of sp³-hybridized carbons (Fsp3) is 0.316. The van der Waals surface area contributed by atoms with Gasteiger partial charge in [-0.25, -0.2) is 8.42 Å². The number of amides is 1. The third kappa shape index (κ3) is 6.07. The fourth-order valence-electron chi connectivity index (χ4n) is 2.35. The van der Waals surface area contributed by atoms with Gasteiger partial charge in [0.05, 0.1) is 18.8 Å². The quantitative estimate of drug-likeness (QED) is 0.742. The Morgan fingerprint density at radius 1 is 1.08 bits per heavy atom. The van der Waals surface area contributed by atoms with Crippen LogP contribution in [0.15, 0.2) is 48.5 Å². The molecule has 0 aromatic heterocycles. The van der Waals surface area contributed by atoms with Gasteiger partial charge in [0, 0.05) is 12.2 Å². The van der Waals surface area contributed by atoms with Gasteiger partial charge in [-0.1, -0.05) is 36.8 Å². The average molecular weight is 376 g/mol. The van der Waals surface area contributed by atoms with E-state index in [0.29, 0.717) is 12.2 Å². The topological polar surface area (TPSA) is 84.5 Å². The molecule has 0 bridgehead atoms. The number of benzene rings is 2. The van der Waals surface area contributed by atoms with E-state index in [0.717, 1.165) is 16.9 Å². The Kier molecular flexibility index (Phi) is 6.63. The summed E-state index contributed by atoms with van der Waals surface area (Å²) in [6.45, 7) is 3.85. The first kappa shape index (κ1) is 19.8. The second kappa shape index (κ2) is 8.71. The molecule has 0 saturated heterocycles. The van der Waals surface area contributed by atoms with Crippen LogP contribution in [0.2, 0.25) is 0 Å². The van der Waals surface area contributed by atoms with Gasteiger partial charge in [0.2, 0.25) is 15.9 Å². The highest BCUT2D eigenvalue weighted by molar-refractivity contribution is 7.92. The highest BCUT2D eigenvalue weighted by Crippen LogP contribution is 2.13. The maximum Gasteiger partial charge on any atom is 0.233 e. The van der Waals surface area contributed by atoms with Gasteiger partial charge in [-0.3, -0.25) is 9.52 Å². The van der Waals surface area contributed by atoms with Crippen molar-refractivity contribution in [2.24, 2.45) is 5.92 Å². The molecule has 2 N–H and O–H groups in total. The van der Waals surface area contributed by atoms with E-state index in [1.807, 2.05) is 31.2 Å². The first-order valence-corrected chi connectivity index (χ1v) is 9.92. The number of methoxy groups -OCH3 is 1. The number of carbonyl (C=O) groups is 1. The highest BCUT2D eigenvalue weighted by atomic mass is 32.2. The van der Waals surface area contributed by atoms with Crippen LogP contribution in [-0.2, 0) is 21.4 Å². The van der Waals surface area contributed by atoms with E-state index in [2.05, 4.69) is 10.0 Å². The van der Waals surface area contributed by atoms with Gasteiger partial charge in [-0.2, -0.15) is 0 Å². The van der Waals surface area contributed by atoms with Crippen molar-refractivity contribution in [3.8, 4) is 5.75 Å². The number of rotatable bonds is 8. The summed E-state index contributed by atoms with van der Waals surface area (Å²) in [5, 5.41) is 2.76. The molecule has 6 nitrogen and oxygen atoms in total. The highest BCUT2D eigenvalue weighted by Gasteiger charge is 2.21. The lowest BCUT2D eigenvalue weighted by Gasteiger charge is -2.14. The largest absolute Gasteiger partial charge is 0.497 e.